The number of piperidine rings is 1. The van der Waals surface area contributed by atoms with Gasteiger partial charge in [0.2, 0.25) is 5.91 Å². The van der Waals surface area contributed by atoms with Crippen molar-refractivity contribution in [2.75, 3.05) is 32.7 Å². The maximum absolute atomic E-state index is 12.8. The molecule has 2 fully saturated rings. The number of likely N-dealkylation sites (tertiary alicyclic amines) is 1. The number of carbonyl (C=O) groups is 2. The Balaban J connectivity index is 0.00000385. The Morgan fingerprint density at radius 3 is 2.55 bits per heavy atom. The molecule has 2 unspecified atom stereocenters. The number of benzene rings is 1. The summed E-state index contributed by atoms with van der Waals surface area (Å²) in [6, 6.07) is 7.63. The monoisotopic (exact) mass is 462 g/mol. The van der Waals surface area contributed by atoms with Gasteiger partial charge in [-0.1, -0.05) is 45.2 Å². The van der Waals surface area contributed by atoms with Crippen molar-refractivity contribution in [1.29, 1.82) is 0 Å². The number of carbonyl (C=O) groups excluding carboxylic acids is 1. The molecule has 1 amide bonds. The first-order valence-corrected chi connectivity index (χ1v) is 12.3. The van der Waals surface area contributed by atoms with E-state index in [9.17, 15) is 14.7 Å². The van der Waals surface area contributed by atoms with Crippen LogP contribution in [0.4, 0.5) is 0 Å². The molecule has 2 aliphatic rings. The van der Waals surface area contributed by atoms with Gasteiger partial charge in [-0.25, -0.2) is 0 Å². The summed E-state index contributed by atoms with van der Waals surface area (Å²) in [4.78, 5) is 28.1. The normalized spacial score (nSPS) is 24.1. The number of aromatic hydroxyl groups is 1. The minimum atomic E-state index is -0.910. The topological polar surface area (TPSA) is 113 Å². The van der Waals surface area contributed by atoms with E-state index < -0.39 is 5.97 Å². The summed E-state index contributed by atoms with van der Waals surface area (Å²) in [6.45, 7) is 8.73. The summed E-state index contributed by atoms with van der Waals surface area (Å²) in [5.74, 6) is 0.357. The van der Waals surface area contributed by atoms with E-state index in [-0.39, 0.29) is 29.6 Å². The molecular formula is C26H42N2O5. The van der Waals surface area contributed by atoms with E-state index >= 15 is 0 Å². The molecule has 0 radical (unpaired) electrons. The van der Waals surface area contributed by atoms with Gasteiger partial charge >= 0.3 is 5.97 Å². The fourth-order valence-corrected chi connectivity index (χ4v) is 5.44. The summed E-state index contributed by atoms with van der Waals surface area (Å²) in [5, 5.41) is 18.9. The SMILES string of the molecule is CC1CN(CCN(CC2CCCCC2)C(=O)CCC(=O)O)CCC1(C)c1cccc(O)c1.O. The van der Waals surface area contributed by atoms with E-state index in [1.807, 2.05) is 17.0 Å². The largest absolute Gasteiger partial charge is 0.508 e. The maximum atomic E-state index is 12.8. The van der Waals surface area contributed by atoms with Crippen molar-refractivity contribution in [2.45, 2.75) is 70.6 Å². The Morgan fingerprint density at radius 1 is 1.18 bits per heavy atom. The van der Waals surface area contributed by atoms with Gasteiger partial charge in [0.15, 0.2) is 0 Å². The quantitative estimate of drug-likeness (QED) is 0.584. The molecule has 3 rings (SSSR count). The number of phenolic OH excluding ortho intramolecular Hbond substituents is 1. The molecule has 1 aromatic rings. The highest BCUT2D eigenvalue weighted by Crippen LogP contribution is 2.40. The third kappa shape index (κ3) is 7.44. The lowest BCUT2D eigenvalue weighted by Crippen LogP contribution is -2.50. The highest BCUT2D eigenvalue weighted by Gasteiger charge is 2.38. The molecule has 1 aromatic carbocycles. The lowest BCUT2D eigenvalue weighted by molar-refractivity contribution is -0.141. The molecule has 0 bridgehead atoms. The second-order valence-corrected chi connectivity index (χ2v) is 10.2. The smallest absolute Gasteiger partial charge is 0.303 e. The molecular weight excluding hydrogens is 420 g/mol. The minimum absolute atomic E-state index is 0. The average molecular weight is 463 g/mol. The Labute approximate surface area is 198 Å². The van der Waals surface area contributed by atoms with Crippen molar-refractivity contribution >= 4 is 11.9 Å². The zero-order valence-corrected chi connectivity index (χ0v) is 20.3. The second kappa shape index (κ2) is 12.4. The minimum Gasteiger partial charge on any atom is -0.508 e. The van der Waals surface area contributed by atoms with E-state index in [4.69, 9.17) is 5.11 Å². The van der Waals surface area contributed by atoms with Gasteiger partial charge in [-0.2, -0.15) is 0 Å². The number of phenols is 1. The van der Waals surface area contributed by atoms with Gasteiger partial charge in [0.25, 0.3) is 0 Å². The van der Waals surface area contributed by atoms with Crippen LogP contribution in [0.5, 0.6) is 5.75 Å². The van der Waals surface area contributed by atoms with Gasteiger partial charge in [-0.15, -0.1) is 0 Å². The molecule has 4 N–H and O–H groups in total. The number of rotatable bonds is 9. The van der Waals surface area contributed by atoms with Crippen LogP contribution in [0.15, 0.2) is 24.3 Å². The molecule has 1 aliphatic carbocycles. The van der Waals surface area contributed by atoms with Crippen LogP contribution in [0.25, 0.3) is 0 Å². The van der Waals surface area contributed by atoms with E-state index in [1.165, 1.54) is 37.7 Å². The number of amides is 1. The highest BCUT2D eigenvalue weighted by atomic mass is 16.4. The molecule has 0 spiro atoms. The molecule has 1 saturated carbocycles. The molecule has 7 heteroatoms. The second-order valence-electron chi connectivity index (χ2n) is 10.2. The van der Waals surface area contributed by atoms with Crippen molar-refractivity contribution in [1.82, 2.24) is 9.80 Å². The first kappa shape index (κ1) is 27.1. The van der Waals surface area contributed by atoms with Crippen LogP contribution in [0.1, 0.15) is 70.8 Å². The van der Waals surface area contributed by atoms with Gasteiger partial charge in [0.1, 0.15) is 5.75 Å². The van der Waals surface area contributed by atoms with E-state index in [1.54, 1.807) is 6.07 Å². The number of aliphatic carboxylic acids is 1. The van der Waals surface area contributed by atoms with Crippen molar-refractivity contribution in [3.05, 3.63) is 29.8 Å². The molecule has 1 saturated heterocycles. The number of nitrogens with zero attached hydrogens (tertiary/aromatic N) is 2. The van der Waals surface area contributed by atoms with Crippen LogP contribution in [0.3, 0.4) is 0 Å². The van der Waals surface area contributed by atoms with Crippen LogP contribution in [0, 0.1) is 11.8 Å². The zero-order valence-electron chi connectivity index (χ0n) is 20.3. The van der Waals surface area contributed by atoms with Gasteiger partial charge in [0.05, 0.1) is 6.42 Å². The third-order valence-electron chi connectivity index (χ3n) is 7.87. The van der Waals surface area contributed by atoms with E-state index in [0.717, 1.165) is 32.6 Å². The fraction of sp³-hybridized carbons (Fsp3) is 0.692. The van der Waals surface area contributed by atoms with Crippen LogP contribution in [-0.4, -0.2) is 70.1 Å². The summed E-state index contributed by atoms with van der Waals surface area (Å²) >= 11 is 0. The fourth-order valence-electron chi connectivity index (χ4n) is 5.44. The van der Waals surface area contributed by atoms with Crippen molar-refractivity contribution in [3.63, 3.8) is 0 Å². The molecule has 7 nitrogen and oxygen atoms in total. The molecule has 186 valence electrons. The number of carboxylic acids is 1. The molecule has 2 atom stereocenters. The average Bonchev–Trinajstić information content (AvgIpc) is 2.78. The van der Waals surface area contributed by atoms with Crippen molar-refractivity contribution < 1.29 is 25.3 Å². The lowest BCUT2D eigenvalue weighted by atomic mass is 9.68. The van der Waals surface area contributed by atoms with Gasteiger partial charge in [-0.3, -0.25) is 9.59 Å². The number of hydrogen-bond donors (Lipinski definition) is 2. The predicted molar refractivity (Wildman–Crippen MR) is 129 cm³/mol. The Hall–Kier alpha value is -2.12. The Kier molecular flexibility index (Phi) is 10.2. The zero-order chi connectivity index (χ0) is 23.1. The summed E-state index contributed by atoms with van der Waals surface area (Å²) in [5.41, 5.74) is 1.21. The lowest BCUT2D eigenvalue weighted by Gasteiger charge is -2.45. The Morgan fingerprint density at radius 2 is 1.91 bits per heavy atom. The number of carboxylic acid groups (broad SMARTS) is 1. The first-order chi connectivity index (χ1) is 15.3. The standard InChI is InChI=1S/C26H40N2O4.H2O/c1-20-18-27(14-13-26(20,2)22-9-6-10-23(29)17-22)15-16-28(24(30)11-12-25(31)32)19-21-7-4-3-5-8-21;/h6,9-10,17,20-21,29H,3-5,7-8,11-16,18-19H2,1-2H3,(H,31,32);1H2. The summed E-state index contributed by atoms with van der Waals surface area (Å²) < 4.78 is 0. The predicted octanol–water partition coefficient (Wildman–Crippen LogP) is 3.44. The number of hydrogen-bond acceptors (Lipinski definition) is 4. The summed E-state index contributed by atoms with van der Waals surface area (Å²) in [6.07, 6.45) is 7.10. The van der Waals surface area contributed by atoms with Crippen LogP contribution < -0.4 is 0 Å². The molecule has 1 heterocycles. The van der Waals surface area contributed by atoms with Crippen LogP contribution >= 0.6 is 0 Å². The molecule has 33 heavy (non-hydrogen) atoms. The Bertz CT molecular complexity index is 780. The maximum Gasteiger partial charge on any atom is 0.303 e. The van der Waals surface area contributed by atoms with Gasteiger partial charge in [-0.05, 0) is 60.8 Å². The van der Waals surface area contributed by atoms with Gasteiger partial charge < -0.3 is 25.5 Å². The van der Waals surface area contributed by atoms with Crippen LogP contribution in [-0.2, 0) is 15.0 Å². The third-order valence-corrected chi connectivity index (χ3v) is 7.87. The van der Waals surface area contributed by atoms with Crippen molar-refractivity contribution in [2.24, 2.45) is 11.8 Å². The molecule has 0 aromatic heterocycles. The van der Waals surface area contributed by atoms with Gasteiger partial charge in [0, 0.05) is 32.6 Å². The van der Waals surface area contributed by atoms with Crippen molar-refractivity contribution in [3.8, 4) is 5.75 Å². The van der Waals surface area contributed by atoms with E-state index in [0.29, 0.717) is 24.1 Å². The molecule has 1 aliphatic heterocycles. The summed E-state index contributed by atoms with van der Waals surface area (Å²) in [7, 11) is 0. The van der Waals surface area contributed by atoms with Crippen LogP contribution in [0.2, 0.25) is 0 Å². The van der Waals surface area contributed by atoms with E-state index in [2.05, 4.69) is 24.8 Å². The highest BCUT2D eigenvalue weighted by molar-refractivity contribution is 5.80. The first-order valence-electron chi connectivity index (χ1n) is 12.3.